The van der Waals surface area contributed by atoms with Gasteiger partial charge >= 0.3 is 0 Å². The fourth-order valence-electron chi connectivity index (χ4n) is 3.58. The molecule has 3 aromatic rings. The maximum Gasteiger partial charge on any atom is 0.231 e. The number of ketones is 1. The number of methoxy groups -OCH3 is 2. The Balaban J connectivity index is 1.93. The van der Waals surface area contributed by atoms with Gasteiger partial charge in [-0.05, 0) is 24.5 Å². The summed E-state index contributed by atoms with van der Waals surface area (Å²) in [6, 6.07) is 5.57. The minimum absolute atomic E-state index is 0.0178. The van der Waals surface area contributed by atoms with Gasteiger partial charge in [0.15, 0.2) is 5.65 Å². The van der Waals surface area contributed by atoms with Crippen molar-refractivity contribution in [1.29, 1.82) is 5.26 Å². The molecule has 0 amide bonds. The fourth-order valence-corrected chi connectivity index (χ4v) is 3.58. The summed E-state index contributed by atoms with van der Waals surface area (Å²) in [6.07, 6.45) is 3.39. The highest BCUT2D eigenvalue weighted by Crippen LogP contribution is 2.29. The van der Waals surface area contributed by atoms with Gasteiger partial charge in [-0.15, -0.1) is 0 Å². The lowest BCUT2D eigenvalue weighted by Gasteiger charge is -2.23. The van der Waals surface area contributed by atoms with E-state index >= 15 is 0 Å². The summed E-state index contributed by atoms with van der Waals surface area (Å²) in [6.45, 7) is 6.04. The number of nitrogens with zero attached hydrogens (tertiary/aromatic N) is 5. The Morgan fingerprint density at radius 1 is 1.20 bits per heavy atom. The first kappa shape index (κ1) is 21.4. The number of hydrogen-bond acceptors (Lipinski definition) is 7. The molecule has 156 valence electrons. The van der Waals surface area contributed by atoms with E-state index in [1.165, 1.54) is 7.11 Å². The van der Waals surface area contributed by atoms with Crippen molar-refractivity contribution in [2.45, 2.75) is 39.7 Å². The van der Waals surface area contributed by atoms with Crippen LogP contribution in [0.5, 0.6) is 5.88 Å². The SMILES string of the molecule is COc1ncc(CC(=O)Cc2cnc3cc(C)nn3c2[C@@H](OC)C(C)C)cc1C#N. The molecule has 0 unspecified atom stereocenters. The van der Waals surface area contributed by atoms with Gasteiger partial charge in [0.05, 0.1) is 18.5 Å². The summed E-state index contributed by atoms with van der Waals surface area (Å²) in [5, 5.41) is 13.8. The molecule has 0 N–H and O–H groups in total. The molecule has 0 saturated carbocycles. The Morgan fingerprint density at radius 3 is 2.60 bits per heavy atom. The van der Waals surface area contributed by atoms with E-state index in [4.69, 9.17) is 9.47 Å². The van der Waals surface area contributed by atoms with Crippen LogP contribution in [-0.4, -0.2) is 39.6 Å². The number of carbonyl (C=O) groups excluding carboxylic acids is 1. The Bertz CT molecular complexity index is 1110. The highest BCUT2D eigenvalue weighted by atomic mass is 16.5. The first-order valence-corrected chi connectivity index (χ1v) is 9.69. The van der Waals surface area contributed by atoms with E-state index in [1.807, 2.05) is 19.1 Å². The predicted octanol–water partition coefficient (Wildman–Crippen LogP) is 3.01. The summed E-state index contributed by atoms with van der Waals surface area (Å²) >= 11 is 0. The van der Waals surface area contributed by atoms with E-state index in [0.29, 0.717) is 11.1 Å². The first-order valence-electron chi connectivity index (χ1n) is 9.69. The lowest BCUT2D eigenvalue weighted by Crippen LogP contribution is -2.19. The van der Waals surface area contributed by atoms with Crippen molar-refractivity contribution in [2.24, 2.45) is 5.92 Å². The maximum atomic E-state index is 12.9. The lowest BCUT2D eigenvalue weighted by atomic mass is 9.96. The molecule has 0 fully saturated rings. The number of hydrogen-bond donors (Lipinski definition) is 0. The molecule has 0 aliphatic rings. The summed E-state index contributed by atoms with van der Waals surface area (Å²) < 4.78 is 12.6. The average molecular weight is 407 g/mol. The van der Waals surface area contributed by atoms with Gasteiger partial charge in [0, 0.05) is 44.0 Å². The Hall–Kier alpha value is -3.31. The van der Waals surface area contributed by atoms with Crippen LogP contribution in [0.3, 0.4) is 0 Å². The Kier molecular flexibility index (Phi) is 6.43. The van der Waals surface area contributed by atoms with E-state index in [0.717, 1.165) is 22.6 Å². The van der Waals surface area contributed by atoms with Crippen LogP contribution in [-0.2, 0) is 22.4 Å². The second-order valence-corrected chi connectivity index (χ2v) is 7.53. The quantitative estimate of drug-likeness (QED) is 0.565. The van der Waals surface area contributed by atoms with Crippen LogP contribution in [0, 0.1) is 24.2 Å². The number of Topliss-reactive ketones (excluding diaryl/α,β-unsaturated/α-hetero) is 1. The van der Waals surface area contributed by atoms with Crippen molar-refractivity contribution < 1.29 is 14.3 Å². The topological polar surface area (TPSA) is 102 Å². The molecule has 3 aromatic heterocycles. The molecule has 0 spiro atoms. The third-order valence-electron chi connectivity index (χ3n) is 4.86. The van der Waals surface area contributed by atoms with E-state index in [-0.39, 0.29) is 36.5 Å². The van der Waals surface area contributed by atoms with Gasteiger partial charge in [-0.3, -0.25) is 4.79 Å². The fraction of sp³-hybridized carbons (Fsp3) is 0.409. The molecule has 0 aliphatic carbocycles. The Labute approximate surface area is 175 Å². The molecule has 0 saturated heterocycles. The van der Waals surface area contributed by atoms with E-state index in [1.54, 1.807) is 30.1 Å². The lowest BCUT2D eigenvalue weighted by molar-refractivity contribution is -0.117. The summed E-state index contributed by atoms with van der Waals surface area (Å²) in [7, 11) is 3.11. The van der Waals surface area contributed by atoms with Gasteiger partial charge < -0.3 is 9.47 Å². The molecule has 0 bridgehead atoms. The molecule has 3 rings (SSSR count). The van der Waals surface area contributed by atoms with Crippen LogP contribution in [0.25, 0.3) is 5.65 Å². The maximum absolute atomic E-state index is 12.9. The molecule has 30 heavy (non-hydrogen) atoms. The van der Waals surface area contributed by atoms with Crippen molar-refractivity contribution in [3.63, 3.8) is 0 Å². The van der Waals surface area contributed by atoms with Crippen molar-refractivity contribution in [1.82, 2.24) is 19.6 Å². The summed E-state index contributed by atoms with van der Waals surface area (Å²) in [5.41, 5.74) is 4.15. The highest BCUT2D eigenvalue weighted by Gasteiger charge is 2.24. The van der Waals surface area contributed by atoms with Crippen LogP contribution in [0.2, 0.25) is 0 Å². The molecule has 0 radical (unpaired) electrons. The zero-order chi connectivity index (χ0) is 21.8. The van der Waals surface area contributed by atoms with Crippen molar-refractivity contribution in [3.05, 3.63) is 52.6 Å². The molecule has 0 aliphatic heterocycles. The third kappa shape index (κ3) is 4.31. The number of pyridine rings is 1. The number of fused-ring (bicyclic) bond motifs is 1. The number of nitriles is 1. The van der Waals surface area contributed by atoms with Gasteiger partial charge in [0.1, 0.15) is 23.5 Å². The van der Waals surface area contributed by atoms with Gasteiger partial charge in [0.25, 0.3) is 0 Å². The normalized spacial score (nSPS) is 12.2. The van der Waals surface area contributed by atoms with Crippen LogP contribution in [0.15, 0.2) is 24.5 Å². The van der Waals surface area contributed by atoms with Crippen molar-refractivity contribution in [3.8, 4) is 11.9 Å². The smallest absolute Gasteiger partial charge is 0.231 e. The second kappa shape index (κ2) is 9.01. The molecule has 3 heterocycles. The summed E-state index contributed by atoms with van der Waals surface area (Å²) in [5.74, 6) is 0.415. The molecular weight excluding hydrogens is 382 g/mol. The van der Waals surface area contributed by atoms with Crippen LogP contribution >= 0.6 is 0 Å². The number of rotatable bonds is 8. The molecular formula is C22H25N5O3. The van der Waals surface area contributed by atoms with Crippen LogP contribution in [0.1, 0.15) is 48.0 Å². The van der Waals surface area contributed by atoms with Crippen molar-refractivity contribution in [2.75, 3.05) is 14.2 Å². The number of ether oxygens (including phenoxy) is 2. The Morgan fingerprint density at radius 2 is 1.97 bits per heavy atom. The number of carbonyl (C=O) groups is 1. The highest BCUT2D eigenvalue weighted by molar-refractivity contribution is 5.83. The van der Waals surface area contributed by atoms with E-state index in [9.17, 15) is 10.1 Å². The van der Waals surface area contributed by atoms with Crippen LogP contribution < -0.4 is 4.74 Å². The monoisotopic (exact) mass is 407 g/mol. The van der Waals surface area contributed by atoms with Crippen LogP contribution in [0.4, 0.5) is 0 Å². The zero-order valence-electron chi connectivity index (χ0n) is 17.8. The summed E-state index contributed by atoms with van der Waals surface area (Å²) in [4.78, 5) is 21.5. The predicted molar refractivity (Wildman–Crippen MR) is 110 cm³/mol. The number of aryl methyl sites for hydroxylation is 1. The molecule has 1 atom stereocenters. The largest absolute Gasteiger partial charge is 0.480 e. The van der Waals surface area contributed by atoms with Gasteiger partial charge in [-0.25, -0.2) is 14.5 Å². The van der Waals surface area contributed by atoms with Gasteiger partial charge in [-0.1, -0.05) is 13.8 Å². The van der Waals surface area contributed by atoms with E-state index < -0.39 is 0 Å². The van der Waals surface area contributed by atoms with Crippen molar-refractivity contribution >= 4 is 11.4 Å². The molecule has 8 nitrogen and oxygen atoms in total. The minimum Gasteiger partial charge on any atom is -0.480 e. The third-order valence-corrected chi connectivity index (χ3v) is 4.86. The standard InChI is InChI=1S/C22H25N5O3/c1-13(2)21(29-4)20-17(12-24-19-6-14(3)26-27(19)20)9-18(28)8-15-7-16(10-23)22(30-5)25-11-15/h6-7,11-13,21H,8-9H2,1-5H3/t21-/m0/s1. The minimum atomic E-state index is -0.231. The zero-order valence-corrected chi connectivity index (χ0v) is 17.8. The second-order valence-electron chi connectivity index (χ2n) is 7.53. The molecule has 0 aromatic carbocycles. The number of aromatic nitrogens is 4. The van der Waals surface area contributed by atoms with Gasteiger partial charge in [0.2, 0.25) is 5.88 Å². The van der Waals surface area contributed by atoms with Gasteiger partial charge in [-0.2, -0.15) is 10.4 Å². The van der Waals surface area contributed by atoms with E-state index in [2.05, 4.69) is 28.9 Å². The molecule has 8 heteroatoms. The first-order chi connectivity index (χ1) is 14.4. The average Bonchev–Trinajstić information content (AvgIpc) is 3.09.